The summed E-state index contributed by atoms with van der Waals surface area (Å²) in [6, 6.07) is 21.2. The van der Waals surface area contributed by atoms with E-state index in [1.54, 1.807) is 0 Å². The summed E-state index contributed by atoms with van der Waals surface area (Å²) in [6.07, 6.45) is 1.54. The molecule has 0 spiro atoms. The topological polar surface area (TPSA) is 71.5 Å². The lowest BCUT2D eigenvalue weighted by Gasteiger charge is -2.32. The highest BCUT2D eigenvalue weighted by molar-refractivity contribution is 5.95. The maximum Gasteiger partial charge on any atom is 0.260 e. The SMILES string of the molecule is Cc1ccc(CNC(=O)c2ccc(C)nc2C2CCN(C(=O)COc3ccccc3)CC2)cc1. The first kappa shape index (κ1) is 23.5. The highest BCUT2D eigenvalue weighted by atomic mass is 16.5. The lowest BCUT2D eigenvalue weighted by atomic mass is 9.89. The second kappa shape index (κ2) is 11.0. The number of rotatable bonds is 7. The summed E-state index contributed by atoms with van der Waals surface area (Å²) in [5, 5.41) is 3.03. The van der Waals surface area contributed by atoms with Crippen molar-refractivity contribution in [2.75, 3.05) is 19.7 Å². The predicted molar refractivity (Wildman–Crippen MR) is 132 cm³/mol. The van der Waals surface area contributed by atoms with Gasteiger partial charge in [0, 0.05) is 31.2 Å². The summed E-state index contributed by atoms with van der Waals surface area (Å²) in [4.78, 5) is 32.2. The van der Waals surface area contributed by atoms with Gasteiger partial charge >= 0.3 is 0 Å². The number of nitrogens with zero attached hydrogens (tertiary/aromatic N) is 2. The van der Waals surface area contributed by atoms with Gasteiger partial charge in [0.05, 0.1) is 11.3 Å². The average Bonchev–Trinajstić information content (AvgIpc) is 2.87. The van der Waals surface area contributed by atoms with E-state index >= 15 is 0 Å². The molecule has 2 amide bonds. The molecule has 0 saturated carbocycles. The number of aromatic nitrogens is 1. The van der Waals surface area contributed by atoms with Crippen molar-refractivity contribution < 1.29 is 14.3 Å². The van der Waals surface area contributed by atoms with Crippen molar-refractivity contribution in [1.29, 1.82) is 0 Å². The molecule has 2 aromatic carbocycles. The van der Waals surface area contributed by atoms with Gasteiger partial charge in [0.25, 0.3) is 11.8 Å². The Morgan fingerprint density at radius 3 is 2.38 bits per heavy atom. The van der Waals surface area contributed by atoms with Crippen LogP contribution in [0.25, 0.3) is 0 Å². The van der Waals surface area contributed by atoms with Crippen molar-refractivity contribution in [3.8, 4) is 5.75 Å². The van der Waals surface area contributed by atoms with Crippen LogP contribution >= 0.6 is 0 Å². The molecule has 1 aromatic heterocycles. The highest BCUT2D eigenvalue weighted by Crippen LogP contribution is 2.29. The average molecular weight is 458 g/mol. The fourth-order valence-corrected chi connectivity index (χ4v) is 4.22. The summed E-state index contributed by atoms with van der Waals surface area (Å²) < 4.78 is 5.61. The van der Waals surface area contributed by atoms with Crippen LogP contribution in [0.2, 0.25) is 0 Å². The standard InChI is InChI=1S/C28H31N3O3/c1-20-8-11-22(12-9-20)18-29-28(33)25-13-10-21(2)30-27(25)23-14-16-31(17-15-23)26(32)19-34-24-6-4-3-5-7-24/h3-13,23H,14-19H2,1-2H3,(H,29,33). The monoisotopic (exact) mass is 457 g/mol. The number of carbonyl (C=O) groups is 2. The highest BCUT2D eigenvalue weighted by Gasteiger charge is 2.28. The van der Waals surface area contributed by atoms with Gasteiger partial charge < -0.3 is 15.0 Å². The molecule has 176 valence electrons. The zero-order valence-electron chi connectivity index (χ0n) is 19.8. The molecule has 3 aromatic rings. The Labute approximate surface area is 201 Å². The van der Waals surface area contributed by atoms with Gasteiger partial charge in [0.2, 0.25) is 0 Å². The van der Waals surface area contributed by atoms with Crippen LogP contribution in [0.4, 0.5) is 0 Å². The molecule has 0 radical (unpaired) electrons. The van der Waals surface area contributed by atoms with E-state index in [1.807, 2.05) is 85.5 Å². The van der Waals surface area contributed by atoms with Gasteiger partial charge in [-0.2, -0.15) is 0 Å². The first-order chi connectivity index (χ1) is 16.5. The van der Waals surface area contributed by atoms with Gasteiger partial charge in [-0.15, -0.1) is 0 Å². The Kier molecular flexibility index (Phi) is 7.58. The lowest BCUT2D eigenvalue weighted by Crippen LogP contribution is -2.41. The zero-order chi connectivity index (χ0) is 23.9. The zero-order valence-corrected chi connectivity index (χ0v) is 19.8. The Morgan fingerprint density at radius 1 is 0.971 bits per heavy atom. The van der Waals surface area contributed by atoms with E-state index in [2.05, 4.69) is 5.32 Å². The molecule has 0 aliphatic carbocycles. The van der Waals surface area contributed by atoms with E-state index in [0.29, 0.717) is 30.9 Å². The molecule has 6 nitrogen and oxygen atoms in total. The fraction of sp³-hybridized carbons (Fsp3) is 0.321. The van der Waals surface area contributed by atoms with Crippen LogP contribution < -0.4 is 10.1 Å². The van der Waals surface area contributed by atoms with Crippen LogP contribution in [0.15, 0.2) is 66.7 Å². The van der Waals surface area contributed by atoms with E-state index in [4.69, 9.17) is 9.72 Å². The molecule has 0 bridgehead atoms. The number of hydrogen-bond donors (Lipinski definition) is 1. The molecule has 1 N–H and O–H groups in total. The van der Waals surface area contributed by atoms with Gasteiger partial charge in [0.1, 0.15) is 5.75 Å². The molecule has 1 aliphatic rings. The Balaban J connectivity index is 1.35. The smallest absolute Gasteiger partial charge is 0.260 e. The number of pyridine rings is 1. The minimum Gasteiger partial charge on any atom is -0.484 e. The maximum absolute atomic E-state index is 13.0. The van der Waals surface area contributed by atoms with Crippen LogP contribution in [-0.2, 0) is 11.3 Å². The van der Waals surface area contributed by atoms with E-state index < -0.39 is 0 Å². The number of ether oxygens (including phenoxy) is 1. The van der Waals surface area contributed by atoms with Crippen molar-refractivity contribution in [3.05, 3.63) is 94.8 Å². The summed E-state index contributed by atoms with van der Waals surface area (Å²) >= 11 is 0. The largest absolute Gasteiger partial charge is 0.484 e. The number of likely N-dealkylation sites (tertiary alicyclic amines) is 1. The quantitative estimate of drug-likeness (QED) is 0.570. The minimum atomic E-state index is -0.113. The first-order valence-electron chi connectivity index (χ1n) is 11.8. The molecule has 0 unspecified atom stereocenters. The number of hydrogen-bond acceptors (Lipinski definition) is 4. The molecule has 0 atom stereocenters. The number of benzene rings is 2. The fourth-order valence-electron chi connectivity index (χ4n) is 4.22. The summed E-state index contributed by atoms with van der Waals surface area (Å²) in [5.74, 6) is 0.698. The van der Waals surface area contributed by atoms with E-state index in [0.717, 1.165) is 29.8 Å². The Morgan fingerprint density at radius 2 is 1.68 bits per heavy atom. The predicted octanol–water partition coefficient (Wildman–Crippen LogP) is 4.41. The third-order valence-electron chi connectivity index (χ3n) is 6.22. The van der Waals surface area contributed by atoms with Gasteiger partial charge in [-0.25, -0.2) is 0 Å². The molecule has 4 rings (SSSR count). The van der Waals surface area contributed by atoms with E-state index in [-0.39, 0.29) is 24.3 Å². The van der Waals surface area contributed by atoms with E-state index in [1.165, 1.54) is 5.56 Å². The summed E-state index contributed by atoms with van der Waals surface area (Å²) in [5.41, 5.74) is 4.59. The van der Waals surface area contributed by atoms with Crippen molar-refractivity contribution in [1.82, 2.24) is 15.2 Å². The van der Waals surface area contributed by atoms with Crippen LogP contribution in [0.1, 0.15) is 51.6 Å². The van der Waals surface area contributed by atoms with Gasteiger partial charge in [-0.1, -0.05) is 48.0 Å². The molecule has 1 saturated heterocycles. The second-order valence-corrected chi connectivity index (χ2v) is 8.81. The Hall–Kier alpha value is -3.67. The molecule has 1 aliphatic heterocycles. The second-order valence-electron chi connectivity index (χ2n) is 8.81. The molecular weight excluding hydrogens is 426 g/mol. The molecule has 2 heterocycles. The van der Waals surface area contributed by atoms with Crippen molar-refractivity contribution >= 4 is 11.8 Å². The summed E-state index contributed by atoms with van der Waals surface area (Å²) in [7, 11) is 0. The lowest BCUT2D eigenvalue weighted by molar-refractivity contribution is -0.134. The van der Waals surface area contributed by atoms with Crippen molar-refractivity contribution in [2.45, 2.75) is 39.2 Å². The molecule has 34 heavy (non-hydrogen) atoms. The van der Waals surface area contributed by atoms with Gasteiger partial charge in [-0.05, 0) is 56.5 Å². The van der Waals surface area contributed by atoms with Crippen LogP contribution in [0.5, 0.6) is 5.75 Å². The normalized spacial score (nSPS) is 14.0. The third kappa shape index (κ3) is 6.01. The molecular formula is C28H31N3O3. The number of piperidine rings is 1. The summed E-state index contributed by atoms with van der Waals surface area (Å²) in [6.45, 7) is 5.74. The van der Waals surface area contributed by atoms with Gasteiger partial charge in [0.15, 0.2) is 6.61 Å². The number of nitrogens with one attached hydrogen (secondary N) is 1. The number of carbonyl (C=O) groups excluding carboxylic acids is 2. The van der Waals surface area contributed by atoms with Crippen LogP contribution in [0, 0.1) is 13.8 Å². The van der Waals surface area contributed by atoms with Gasteiger partial charge in [-0.3, -0.25) is 14.6 Å². The van der Waals surface area contributed by atoms with Crippen molar-refractivity contribution in [3.63, 3.8) is 0 Å². The number of aryl methyl sites for hydroxylation is 2. The Bertz CT molecular complexity index is 1120. The van der Waals surface area contributed by atoms with Crippen LogP contribution in [-0.4, -0.2) is 41.4 Å². The molecule has 6 heteroatoms. The number of amides is 2. The first-order valence-corrected chi connectivity index (χ1v) is 11.8. The maximum atomic E-state index is 13.0. The minimum absolute atomic E-state index is 0.0180. The van der Waals surface area contributed by atoms with E-state index in [9.17, 15) is 9.59 Å². The third-order valence-corrected chi connectivity index (χ3v) is 6.22. The van der Waals surface area contributed by atoms with Crippen molar-refractivity contribution in [2.24, 2.45) is 0 Å². The van der Waals surface area contributed by atoms with Crippen LogP contribution in [0.3, 0.4) is 0 Å². The molecule has 1 fully saturated rings. The number of para-hydroxylation sites is 1.